The van der Waals surface area contributed by atoms with Crippen molar-refractivity contribution in [3.05, 3.63) is 18.1 Å². The molecule has 2 unspecified atom stereocenters. The third-order valence-corrected chi connectivity index (χ3v) is 6.24. The number of carbonyl (C=O) groups excluding carboxylic acids is 1. The molecular formula is C19H26F3N5O3. The summed E-state index contributed by atoms with van der Waals surface area (Å²) in [6, 6.07) is 0.670. The number of alkyl halides is 3. The number of carbonyl (C=O) groups is 2. The van der Waals surface area contributed by atoms with Gasteiger partial charge < -0.3 is 20.2 Å². The molecule has 0 bridgehead atoms. The summed E-state index contributed by atoms with van der Waals surface area (Å²) in [7, 11) is 0. The Morgan fingerprint density at radius 1 is 1.23 bits per heavy atom. The lowest BCUT2D eigenvalue weighted by Crippen LogP contribution is -2.54. The highest BCUT2D eigenvalue weighted by Gasteiger charge is 2.49. The first kappa shape index (κ1) is 22.1. The second-order valence-corrected chi connectivity index (χ2v) is 8.24. The van der Waals surface area contributed by atoms with Crippen molar-refractivity contribution in [2.24, 2.45) is 11.3 Å². The fourth-order valence-electron chi connectivity index (χ4n) is 4.47. The van der Waals surface area contributed by atoms with Crippen LogP contribution in [0.15, 0.2) is 12.4 Å². The van der Waals surface area contributed by atoms with Crippen LogP contribution < -0.4 is 10.2 Å². The number of nitrogens with one attached hydrogen (secondary N) is 1. The van der Waals surface area contributed by atoms with Crippen LogP contribution in [0.2, 0.25) is 0 Å². The van der Waals surface area contributed by atoms with E-state index in [1.165, 1.54) is 0 Å². The van der Waals surface area contributed by atoms with E-state index in [4.69, 9.17) is 5.11 Å². The highest BCUT2D eigenvalue weighted by molar-refractivity contribution is 5.84. The van der Waals surface area contributed by atoms with Crippen LogP contribution in [0.1, 0.15) is 38.8 Å². The van der Waals surface area contributed by atoms with Crippen LogP contribution in [0.25, 0.3) is 0 Å². The maximum Gasteiger partial charge on any atom is 0.433 e. The number of carboxylic acid groups (broad SMARTS) is 1. The molecule has 1 aliphatic heterocycles. The summed E-state index contributed by atoms with van der Waals surface area (Å²) in [6.45, 7) is 5.41. The van der Waals surface area contributed by atoms with Crippen molar-refractivity contribution in [3.63, 3.8) is 0 Å². The molecule has 166 valence electrons. The lowest BCUT2D eigenvalue weighted by molar-refractivity contribution is -0.145. The minimum atomic E-state index is -4.54. The number of nitrogens with zero attached hydrogens (tertiary/aromatic N) is 4. The molecule has 2 aliphatic rings. The number of hydrogen-bond acceptors (Lipinski definition) is 5. The molecule has 2 heterocycles. The molecule has 1 aliphatic carbocycles. The zero-order chi connectivity index (χ0) is 22.1. The minimum Gasteiger partial charge on any atom is -0.465 e. The highest BCUT2D eigenvalue weighted by Crippen LogP contribution is 2.46. The maximum atomic E-state index is 13.4. The molecule has 0 radical (unpaired) electrons. The Bertz CT molecular complexity index is 796. The molecule has 2 N–H and O–H groups in total. The number of halogens is 3. The smallest absolute Gasteiger partial charge is 0.433 e. The number of rotatable bonds is 4. The van der Waals surface area contributed by atoms with Gasteiger partial charge in [-0.15, -0.1) is 0 Å². The molecule has 8 nitrogen and oxygen atoms in total. The average Bonchev–Trinajstić information content (AvgIpc) is 3.11. The zero-order valence-electron chi connectivity index (χ0n) is 16.9. The van der Waals surface area contributed by atoms with E-state index in [1.54, 1.807) is 9.80 Å². The second kappa shape index (κ2) is 8.27. The first-order chi connectivity index (χ1) is 14.0. The third-order valence-electron chi connectivity index (χ3n) is 6.24. The van der Waals surface area contributed by atoms with Crippen LogP contribution in [-0.2, 0) is 11.0 Å². The van der Waals surface area contributed by atoms with Gasteiger partial charge in [-0.2, -0.15) is 13.2 Å². The molecule has 2 fully saturated rings. The molecule has 1 saturated carbocycles. The highest BCUT2D eigenvalue weighted by atomic mass is 19.4. The van der Waals surface area contributed by atoms with Crippen molar-refractivity contribution < 1.29 is 27.9 Å². The van der Waals surface area contributed by atoms with Crippen LogP contribution >= 0.6 is 0 Å². The van der Waals surface area contributed by atoms with E-state index in [2.05, 4.69) is 15.3 Å². The van der Waals surface area contributed by atoms with E-state index >= 15 is 0 Å². The molecule has 11 heteroatoms. The van der Waals surface area contributed by atoms with Crippen molar-refractivity contribution in [2.45, 2.75) is 45.3 Å². The molecular weight excluding hydrogens is 403 g/mol. The Hall–Kier alpha value is -2.59. The van der Waals surface area contributed by atoms with E-state index < -0.39 is 23.4 Å². The first-order valence-electron chi connectivity index (χ1n) is 9.96. The van der Waals surface area contributed by atoms with Gasteiger partial charge in [-0.1, -0.05) is 13.8 Å². The number of hydrogen-bond donors (Lipinski definition) is 2. The van der Waals surface area contributed by atoms with Crippen molar-refractivity contribution in [3.8, 4) is 0 Å². The molecule has 0 aromatic carbocycles. The van der Waals surface area contributed by atoms with Gasteiger partial charge in [0.25, 0.3) is 0 Å². The fraction of sp³-hybridized carbons (Fsp3) is 0.684. The number of amides is 2. The van der Waals surface area contributed by atoms with Gasteiger partial charge in [-0.25, -0.2) is 14.8 Å². The lowest BCUT2D eigenvalue weighted by Gasteiger charge is -2.42. The van der Waals surface area contributed by atoms with E-state index in [1.807, 2.05) is 13.8 Å². The topological polar surface area (TPSA) is 98.7 Å². The van der Waals surface area contributed by atoms with Crippen molar-refractivity contribution >= 4 is 17.8 Å². The van der Waals surface area contributed by atoms with Gasteiger partial charge in [-0.3, -0.25) is 4.79 Å². The average molecular weight is 429 g/mol. The molecule has 30 heavy (non-hydrogen) atoms. The summed E-state index contributed by atoms with van der Waals surface area (Å²) >= 11 is 0. The summed E-state index contributed by atoms with van der Waals surface area (Å²) in [5.74, 6) is 0.222. The van der Waals surface area contributed by atoms with E-state index in [-0.39, 0.29) is 23.7 Å². The molecule has 1 aromatic rings. The number of aromatic nitrogens is 2. The standard InChI is InChI=1S/C19H26F3N5O3/c1-12(2)18(4-3-13(10-18)25-17(29)30)16(28)27-7-5-26(6-8-27)15-9-14(19(20,21)22)23-11-24-15/h9,11-13,25H,3-8,10H2,1-2H3,(H,29,30). The fourth-order valence-corrected chi connectivity index (χ4v) is 4.47. The van der Waals surface area contributed by atoms with Gasteiger partial charge in [0.15, 0.2) is 0 Å². The van der Waals surface area contributed by atoms with Crippen LogP contribution in [0, 0.1) is 11.3 Å². The quantitative estimate of drug-likeness (QED) is 0.764. The number of piperazine rings is 1. The van der Waals surface area contributed by atoms with E-state index in [0.29, 0.717) is 45.4 Å². The third kappa shape index (κ3) is 4.44. The Kier molecular flexibility index (Phi) is 6.09. The van der Waals surface area contributed by atoms with Gasteiger partial charge in [0.1, 0.15) is 17.8 Å². The van der Waals surface area contributed by atoms with Gasteiger partial charge in [0.2, 0.25) is 5.91 Å². The number of anilines is 1. The van der Waals surface area contributed by atoms with Crippen LogP contribution in [0.4, 0.5) is 23.8 Å². The minimum absolute atomic E-state index is 0.00879. The van der Waals surface area contributed by atoms with Crippen molar-refractivity contribution in [1.82, 2.24) is 20.2 Å². The Balaban J connectivity index is 1.67. The summed E-state index contributed by atoms with van der Waals surface area (Å²) < 4.78 is 38.7. The van der Waals surface area contributed by atoms with E-state index in [9.17, 15) is 22.8 Å². The second-order valence-electron chi connectivity index (χ2n) is 8.24. The molecule has 0 spiro atoms. The van der Waals surface area contributed by atoms with E-state index in [0.717, 1.165) is 12.4 Å². The molecule has 1 saturated heterocycles. The molecule has 2 atom stereocenters. The largest absolute Gasteiger partial charge is 0.465 e. The molecule has 1 aromatic heterocycles. The van der Waals surface area contributed by atoms with Crippen LogP contribution in [-0.4, -0.2) is 64.2 Å². The Labute approximate surface area is 172 Å². The predicted molar refractivity (Wildman–Crippen MR) is 102 cm³/mol. The van der Waals surface area contributed by atoms with Gasteiger partial charge in [-0.05, 0) is 25.2 Å². The summed E-state index contributed by atoms with van der Waals surface area (Å²) in [5, 5.41) is 11.5. The lowest BCUT2D eigenvalue weighted by atomic mass is 9.74. The molecule has 2 amide bonds. The van der Waals surface area contributed by atoms with Crippen LogP contribution in [0.3, 0.4) is 0 Å². The Morgan fingerprint density at radius 3 is 2.47 bits per heavy atom. The van der Waals surface area contributed by atoms with Gasteiger partial charge >= 0.3 is 12.3 Å². The SMILES string of the molecule is CC(C)C1(C(=O)N2CCN(c3cc(C(F)(F)F)ncn3)CC2)CCC(NC(=O)O)C1. The summed E-state index contributed by atoms with van der Waals surface area (Å²) in [5.41, 5.74) is -1.62. The maximum absolute atomic E-state index is 13.4. The van der Waals surface area contributed by atoms with Gasteiger partial charge in [0, 0.05) is 38.3 Å². The normalized spacial score (nSPS) is 24.9. The van der Waals surface area contributed by atoms with Crippen molar-refractivity contribution in [2.75, 3.05) is 31.1 Å². The van der Waals surface area contributed by atoms with Crippen molar-refractivity contribution in [1.29, 1.82) is 0 Å². The van der Waals surface area contributed by atoms with Gasteiger partial charge in [0.05, 0.1) is 5.41 Å². The first-order valence-corrected chi connectivity index (χ1v) is 9.96. The predicted octanol–water partition coefficient (Wildman–Crippen LogP) is 2.61. The monoisotopic (exact) mass is 429 g/mol. The molecule has 3 rings (SSSR count). The zero-order valence-corrected chi connectivity index (χ0v) is 16.9. The summed E-state index contributed by atoms with van der Waals surface area (Å²) in [6.07, 6.45) is -3.06. The van der Waals surface area contributed by atoms with Crippen LogP contribution in [0.5, 0.6) is 0 Å². The summed E-state index contributed by atoms with van der Waals surface area (Å²) in [4.78, 5) is 35.0. The Morgan fingerprint density at radius 2 is 1.90 bits per heavy atom.